The van der Waals surface area contributed by atoms with Gasteiger partial charge in [0.1, 0.15) is 0 Å². The van der Waals surface area contributed by atoms with Gasteiger partial charge in [-0.1, -0.05) is 0 Å². The molecule has 0 aromatic carbocycles. The van der Waals surface area contributed by atoms with Crippen LogP contribution in [-0.4, -0.2) is 12.1 Å². The van der Waals surface area contributed by atoms with Gasteiger partial charge >= 0.3 is 0 Å². The highest BCUT2D eigenvalue weighted by atomic mass is 15.0. The van der Waals surface area contributed by atoms with E-state index in [1.165, 1.54) is 51.4 Å². The zero-order valence-electron chi connectivity index (χ0n) is 11.2. The van der Waals surface area contributed by atoms with Crippen LogP contribution in [0.5, 0.6) is 0 Å². The summed E-state index contributed by atoms with van der Waals surface area (Å²) in [6, 6.07) is 3.71. The quantitative estimate of drug-likeness (QED) is 0.824. The average Bonchev–Trinajstić information content (AvgIpc) is 3.10. The number of hydrogen-bond donors (Lipinski definition) is 1. The summed E-state index contributed by atoms with van der Waals surface area (Å²) in [6.07, 6.45) is 12.2. The van der Waals surface area contributed by atoms with Gasteiger partial charge in [0, 0.05) is 12.1 Å². The summed E-state index contributed by atoms with van der Waals surface area (Å²) < 4.78 is 0. The highest BCUT2D eigenvalue weighted by Gasteiger charge is 2.54. The third kappa shape index (κ3) is 1.79. The minimum absolute atomic E-state index is 0.503. The van der Waals surface area contributed by atoms with Crippen LogP contribution in [0.4, 0.5) is 0 Å². The number of nitrogens with one attached hydrogen (secondary N) is 1. The van der Waals surface area contributed by atoms with E-state index < -0.39 is 0 Å². The second-order valence-electron chi connectivity index (χ2n) is 7.64. The van der Waals surface area contributed by atoms with Crippen LogP contribution >= 0.6 is 0 Å². The van der Waals surface area contributed by atoms with E-state index in [9.17, 15) is 5.26 Å². The van der Waals surface area contributed by atoms with Crippen molar-refractivity contribution < 1.29 is 0 Å². The maximum Gasteiger partial charge on any atom is 0.0638 e. The zero-order valence-corrected chi connectivity index (χ0v) is 11.2. The van der Waals surface area contributed by atoms with Crippen LogP contribution in [0.15, 0.2) is 0 Å². The first kappa shape index (κ1) is 11.3. The highest BCUT2D eigenvalue weighted by Crippen LogP contribution is 2.61. The maximum atomic E-state index is 9.18. The van der Waals surface area contributed by atoms with Gasteiger partial charge in [-0.15, -0.1) is 0 Å². The van der Waals surface area contributed by atoms with Gasteiger partial charge in [0.25, 0.3) is 0 Å². The molecule has 1 N–H and O–H groups in total. The lowest BCUT2D eigenvalue weighted by Crippen LogP contribution is -2.56. The third-order valence-electron chi connectivity index (χ3n) is 6.13. The SMILES string of the molecule is N#CCC(NC1CC1)C12CC3CC(CC(C3)C1)C2. The van der Waals surface area contributed by atoms with Crippen LogP contribution in [0, 0.1) is 34.5 Å². The fraction of sp³-hybridized carbons (Fsp3) is 0.938. The molecule has 5 saturated carbocycles. The van der Waals surface area contributed by atoms with E-state index >= 15 is 0 Å². The van der Waals surface area contributed by atoms with Crippen molar-refractivity contribution in [3.05, 3.63) is 0 Å². The fourth-order valence-corrected chi connectivity index (χ4v) is 5.68. The first-order valence-corrected chi connectivity index (χ1v) is 7.90. The molecular weight excluding hydrogens is 220 g/mol. The van der Waals surface area contributed by atoms with E-state index in [0.29, 0.717) is 11.5 Å². The van der Waals surface area contributed by atoms with E-state index in [1.54, 1.807) is 0 Å². The van der Waals surface area contributed by atoms with Crippen molar-refractivity contribution in [1.29, 1.82) is 5.26 Å². The smallest absolute Gasteiger partial charge is 0.0638 e. The molecule has 5 aliphatic carbocycles. The Morgan fingerprint density at radius 3 is 2.06 bits per heavy atom. The second kappa shape index (κ2) is 3.97. The Morgan fingerprint density at radius 1 is 1.06 bits per heavy atom. The summed E-state index contributed by atoms with van der Waals surface area (Å²) in [6.45, 7) is 0. The zero-order chi connectivity index (χ0) is 12.2. The normalized spacial score (nSPS) is 46.9. The molecule has 5 rings (SSSR count). The van der Waals surface area contributed by atoms with Crippen molar-refractivity contribution in [2.24, 2.45) is 23.2 Å². The van der Waals surface area contributed by atoms with Crippen molar-refractivity contribution in [2.75, 3.05) is 0 Å². The molecule has 2 nitrogen and oxygen atoms in total. The van der Waals surface area contributed by atoms with Gasteiger partial charge in [0.15, 0.2) is 0 Å². The van der Waals surface area contributed by atoms with Crippen LogP contribution in [-0.2, 0) is 0 Å². The largest absolute Gasteiger partial charge is 0.310 e. The van der Waals surface area contributed by atoms with Gasteiger partial charge in [-0.2, -0.15) is 5.26 Å². The fourth-order valence-electron chi connectivity index (χ4n) is 5.68. The Hall–Kier alpha value is -0.550. The maximum absolute atomic E-state index is 9.18. The molecule has 0 amide bonds. The summed E-state index contributed by atoms with van der Waals surface area (Å²) in [7, 11) is 0. The van der Waals surface area contributed by atoms with E-state index in [0.717, 1.165) is 30.2 Å². The molecule has 5 aliphatic rings. The topological polar surface area (TPSA) is 35.8 Å². The molecule has 0 aromatic rings. The minimum Gasteiger partial charge on any atom is -0.310 e. The third-order valence-corrected chi connectivity index (χ3v) is 6.13. The van der Waals surface area contributed by atoms with Crippen LogP contribution in [0.1, 0.15) is 57.8 Å². The standard InChI is InChI=1S/C16H24N2/c17-4-3-15(18-14-1-2-14)16-8-11-5-12(9-16)7-13(6-11)10-16/h11-15,18H,1-3,5-10H2. The van der Waals surface area contributed by atoms with Gasteiger partial charge in [0.2, 0.25) is 0 Å². The Labute approximate surface area is 110 Å². The van der Waals surface area contributed by atoms with Gasteiger partial charge in [0.05, 0.1) is 12.5 Å². The average molecular weight is 244 g/mol. The van der Waals surface area contributed by atoms with Gasteiger partial charge in [-0.25, -0.2) is 0 Å². The summed E-state index contributed by atoms with van der Waals surface area (Å²) in [5, 5.41) is 13.0. The predicted molar refractivity (Wildman–Crippen MR) is 70.8 cm³/mol. The van der Waals surface area contributed by atoms with E-state index in [4.69, 9.17) is 0 Å². The second-order valence-corrected chi connectivity index (χ2v) is 7.64. The molecule has 0 aliphatic heterocycles. The molecule has 0 radical (unpaired) electrons. The summed E-state index contributed by atoms with van der Waals surface area (Å²) in [5.74, 6) is 3.00. The van der Waals surface area contributed by atoms with Crippen LogP contribution < -0.4 is 5.32 Å². The lowest BCUT2D eigenvalue weighted by atomic mass is 9.47. The molecule has 1 unspecified atom stereocenters. The molecule has 98 valence electrons. The molecular formula is C16H24N2. The molecule has 5 fully saturated rings. The van der Waals surface area contributed by atoms with Crippen molar-refractivity contribution in [3.8, 4) is 6.07 Å². The highest BCUT2D eigenvalue weighted by molar-refractivity contribution is 5.08. The minimum atomic E-state index is 0.503. The molecule has 2 heteroatoms. The van der Waals surface area contributed by atoms with Crippen LogP contribution in [0.2, 0.25) is 0 Å². The molecule has 1 atom stereocenters. The van der Waals surface area contributed by atoms with E-state index in [-0.39, 0.29) is 0 Å². The molecule has 18 heavy (non-hydrogen) atoms. The number of nitriles is 1. The monoisotopic (exact) mass is 244 g/mol. The summed E-state index contributed by atoms with van der Waals surface area (Å²) >= 11 is 0. The summed E-state index contributed by atoms with van der Waals surface area (Å²) in [5.41, 5.74) is 0.507. The Morgan fingerprint density at radius 2 is 1.61 bits per heavy atom. The Kier molecular flexibility index (Phi) is 2.49. The van der Waals surface area contributed by atoms with Crippen LogP contribution in [0.3, 0.4) is 0 Å². The van der Waals surface area contributed by atoms with Gasteiger partial charge in [-0.05, 0) is 74.5 Å². The van der Waals surface area contributed by atoms with Crippen molar-refractivity contribution in [2.45, 2.75) is 69.9 Å². The number of nitrogens with zero attached hydrogens (tertiary/aromatic N) is 1. The van der Waals surface area contributed by atoms with E-state index in [2.05, 4.69) is 11.4 Å². The molecule has 0 heterocycles. The van der Waals surface area contributed by atoms with Crippen LogP contribution in [0.25, 0.3) is 0 Å². The molecule has 0 spiro atoms. The van der Waals surface area contributed by atoms with Crippen molar-refractivity contribution >= 4 is 0 Å². The Balaban J connectivity index is 1.58. The lowest BCUT2D eigenvalue weighted by Gasteiger charge is -2.59. The van der Waals surface area contributed by atoms with E-state index in [1.807, 2.05) is 0 Å². The van der Waals surface area contributed by atoms with Crippen molar-refractivity contribution in [1.82, 2.24) is 5.32 Å². The number of hydrogen-bond acceptors (Lipinski definition) is 2. The van der Waals surface area contributed by atoms with Gasteiger partial charge in [-0.3, -0.25) is 0 Å². The molecule has 4 bridgehead atoms. The van der Waals surface area contributed by atoms with Crippen molar-refractivity contribution in [3.63, 3.8) is 0 Å². The predicted octanol–water partition coefficient (Wildman–Crippen LogP) is 3.24. The molecule has 0 aromatic heterocycles. The Bertz CT molecular complexity index is 342. The lowest BCUT2D eigenvalue weighted by molar-refractivity contribution is -0.0733. The first-order valence-electron chi connectivity index (χ1n) is 7.90. The number of rotatable bonds is 4. The molecule has 0 saturated heterocycles. The summed E-state index contributed by atoms with van der Waals surface area (Å²) in [4.78, 5) is 0. The van der Waals surface area contributed by atoms with Gasteiger partial charge < -0.3 is 5.32 Å². The first-order chi connectivity index (χ1) is 8.77.